The molecular formula is C17H20N2O4S. The van der Waals surface area contributed by atoms with Crippen molar-refractivity contribution in [2.24, 2.45) is 0 Å². The fourth-order valence-corrected chi connectivity index (χ4v) is 3.66. The van der Waals surface area contributed by atoms with Crippen molar-refractivity contribution in [3.8, 4) is 0 Å². The number of hydrogen-bond acceptors (Lipinski definition) is 5. The van der Waals surface area contributed by atoms with Crippen LogP contribution in [-0.4, -0.2) is 41.0 Å². The van der Waals surface area contributed by atoms with Gasteiger partial charge in [-0.15, -0.1) is 0 Å². The highest BCUT2D eigenvalue weighted by Crippen LogP contribution is 2.23. The SMILES string of the molecule is C[C@](O)(CNC(=O)[C@@H]1CCCN1C(=O)c1ccco1)c1ccsc1. The lowest BCUT2D eigenvalue weighted by Gasteiger charge is -2.26. The second kappa shape index (κ2) is 6.78. The first-order chi connectivity index (χ1) is 11.5. The fraction of sp³-hybridized carbons (Fsp3) is 0.412. The summed E-state index contributed by atoms with van der Waals surface area (Å²) < 4.78 is 5.14. The molecule has 2 amide bonds. The smallest absolute Gasteiger partial charge is 0.290 e. The summed E-state index contributed by atoms with van der Waals surface area (Å²) in [5.74, 6) is -0.287. The Morgan fingerprint density at radius 1 is 1.50 bits per heavy atom. The molecule has 0 aliphatic carbocycles. The van der Waals surface area contributed by atoms with Crippen LogP contribution in [-0.2, 0) is 10.4 Å². The third-order valence-corrected chi connectivity index (χ3v) is 4.98. The first-order valence-corrected chi connectivity index (χ1v) is 8.80. The third-order valence-electron chi connectivity index (χ3n) is 4.30. The molecule has 2 aromatic rings. The van der Waals surface area contributed by atoms with E-state index in [1.54, 1.807) is 19.1 Å². The van der Waals surface area contributed by atoms with E-state index in [9.17, 15) is 14.7 Å². The molecule has 128 valence electrons. The van der Waals surface area contributed by atoms with Crippen LogP contribution in [0.3, 0.4) is 0 Å². The number of thiophene rings is 1. The Hall–Kier alpha value is -2.12. The van der Waals surface area contributed by atoms with Crippen LogP contribution in [0.1, 0.15) is 35.9 Å². The van der Waals surface area contributed by atoms with Crippen LogP contribution in [0.4, 0.5) is 0 Å². The van der Waals surface area contributed by atoms with Gasteiger partial charge in [0.2, 0.25) is 5.91 Å². The minimum atomic E-state index is -1.13. The first kappa shape index (κ1) is 16.7. The molecule has 24 heavy (non-hydrogen) atoms. The lowest BCUT2D eigenvalue weighted by Crippen LogP contribution is -2.48. The van der Waals surface area contributed by atoms with Gasteiger partial charge in [0.15, 0.2) is 5.76 Å². The lowest BCUT2D eigenvalue weighted by molar-refractivity contribution is -0.126. The molecular weight excluding hydrogens is 328 g/mol. The molecule has 2 aromatic heterocycles. The van der Waals surface area contributed by atoms with Gasteiger partial charge in [0.1, 0.15) is 11.6 Å². The average Bonchev–Trinajstić information content (AvgIpc) is 3.34. The van der Waals surface area contributed by atoms with Crippen LogP contribution in [0.5, 0.6) is 0 Å². The van der Waals surface area contributed by atoms with Gasteiger partial charge >= 0.3 is 0 Å². The van der Waals surface area contributed by atoms with Crippen LogP contribution in [0.15, 0.2) is 39.6 Å². The molecule has 2 atom stereocenters. The van der Waals surface area contributed by atoms with E-state index in [4.69, 9.17) is 4.42 Å². The lowest BCUT2D eigenvalue weighted by atomic mass is 9.99. The Morgan fingerprint density at radius 2 is 2.33 bits per heavy atom. The van der Waals surface area contributed by atoms with Crippen LogP contribution >= 0.6 is 11.3 Å². The number of furan rings is 1. The van der Waals surface area contributed by atoms with E-state index in [0.717, 1.165) is 12.0 Å². The van der Waals surface area contributed by atoms with Crippen LogP contribution in [0.25, 0.3) is 0 Å². The van der Waals surface area contributed by atoms with E-state index in [1.165, 1.54) is 22.5 Å². The second-order valence-corrected chi connectivity index (χ2v) is 6.92. The van der Waals surface area contributed by atoms with Gasteiger partial charge < -0.3 is 19.7 Å². The van der Waals surface area contributed by atoms with Crippen molar-refractivity contribution in [2.45, 2.75) is 31.4 Å². The highest BCUT2D eigenvalue weighted by Gasteiger charge is 2.36. The summed E-state index contributed by atoms with van der Waals surface area (Å²) in [6.07, 6.45) is 2.82. The van der Waals surface area contributed by atoms with Gasteiger partial charge in [0.25, 0.3) is 5.91 Å². The van der Waals surface area contributed by atoms with E-state index in [2.05, 4.69) is 5.32 Å². The molecule has 1 fully saturated rings. The minimum absolute atomic E-state index is 0.0991. The third kappa shape index (κ3) is 3.37. The normalized spacial score (nSPS) is 19.9. The zero-order valence-corrected chi connectivity index (χ0v) is 14.2. The topological polar surface area (TPSA) is 82.8 Å². The number of carbonyl (C=O) groups excluding carboxylic acids is 2. The highest BCUT2D eigenvalue weighted by molar-refractivity contribution is 7.08. The number of amides is 2. The summed E-state index contributed by atoms with van der Waals surface area (Å²) in [6, 6.07) is 4.55. The summed E-state index contributed by atoms with van der Waals surface area (Å²) in [5, 5.41) is 17.0. The van der Waals surface area contributed by atoms with Gasteiger partial charge in [-0.05, 0) is 54.3 Å². The molecule has 0 radical (unpaired) electrons. The number of hydrogen-bond donors (Lipinski definition) is 2. The molecule has 2 N–H and O–H groups in total. The number of carbonyl (C=O) groups is 2. The highest BCUT2D eigenvalue weighted by atomic mass is 32.1. The number of likely N-dealkylation sites (tertiary alicyclic amines) is 1. The molecule has 3 rings (SSSR count). The number of nitrogens with zero attached hydrogens (tertiary/aromatic N) is 1. The molecule has 0 saturated carbocycles. The number of aliphatic hydroxyl groups is 1. The molecule has 0 bridgehead atoms. The van der Waals surface area contributed by atoms with Crippen molar-refractivity contribution in [2.75, 3.05) is 13.1 Å². The zero-order chi connectivity index (χ0) is 17.2. The van der Waals surface area contributed by atoms with Gasteiger partial charge in [-0.25, -0.2) is 0 Å². The summed E-state index contributed by atoms with van der Waals surface area (Å²) in [6.45, 7) is 2.29. The maximum Gasteiger partial charge on any atom is 0.290 e. The predicted octanol–water partition coefficient (Wildman–Crippen LogP) is 1.97. The van der Waals surface area contributed by atoms with Crippen molar-refractivity contribution >= 4 is 23.2 Å². The number of nitrogens with one attached hydrogen (secondary N) is 1. The molecule has 1 saturated heterocycles. The average molecular weight is 348 g/mol. The van der Waals surface area contributed by atoms with Crippen molar-refractivity contribution in [1.29, 1.82) is 0 Å². The Morgan fingerprint density at radius 3 is 3.00 bits per heavy atom. The summed E-state index contributed by atoms with van der Waals surface area (Å²) in [5.41, 5.74) is -0.368. The quantitative estimate of drug-likeness (QED) is 0.865. The van der Waals surface area contributed by atoms with E-state index < -0.39 is 11.6 Å². The van der Waals surface area contributed by atoms with Gasteiger partial charge in [-0.3, -0.25) is 9.59 Å². The van der Waals surface area contributed by atoms with Gasteiger partial charge in [-0.1, -0.05) is 0 Å². The first-order valence-electron chi connectivity index (χ1n) is 7.86. The molecule has 0 unspecified atom stereocenters. The molecule has 0 aromatic carbocycles. The second-order valence-electron chi connectivity index (χ2n) is 6.14. The van der Waals surface area contributed by atoms with Gasteiger partial charge in [0.05, 0.1) is 12.8 Å². The summed E-state index contributed by atoms with van der Waals surface area (Å²) in [4.78, 5) is 26.5. The molecule has 6 nitrogen and oxygen atoms in total. The predicted molar refractivity (Wildman–Crippen MR) is 89.7 cm³/mol. The van der Waals surface area contributed by atoms with Gasteiger partial charge in [-0.2, -0.15) is 11.3 Å². The monoisotopic (exact) mass is 348 g/mol. The Bertz CT molecular complexity index is 694. The molecule has 3 heterocycles. The van der Waals surface area contributed by atoms with E-state index in [0.29, 0.717) is 13.0 Å². The molecule has 0 spiro atoms. The maximum atomic E-state index is 12.5. The standard InChI is InChI=1S/C17H20N2O4S/c1-17(22,12-6-9-24-10-12)11-18-15(20)13-4-2-7-19(13)16(21)14-5-3-8-23-14/h3,5-6,8-10,13,22H,2,4,7,11H2,1H3,(H,18,20)/t13-,17-/m0/s1. The summed E-state index contributed by atoms with van der Waals surface area (Å²) >= 11 is 1.49. The van der Waals surface area contributed by atoms with E-state index >= 15 is 0 Å². The molecule has 1 aliphatic rings. The van der Waals surface area contributed by atoms with Crippen LogP contribution in [0, 0.1) is 0 Å². The number of rotatable bonds is 5. The largest absolute Gasteiger partial charge is 0.459 e. The van der Waals surface area contributed by atoms with E-state index in [1.807, 2.05) is 16.8 Å². The maximum absolute atomic E-state index is 12.5. The van der Waals surface area contributed by atoms with Crippen LogP contribution in [0.2, 0.25) is 0 Å². The fourth-order valence-electron chi connectivity index (χ4n) is 2.87. The Kier molecular flexibility index (Phi) is 4.73. The Balaban J connectivity index is 1.63. The molecule has 1 aliphatic heterocycles. The minimum Gasteiger partial charge on any atom is -0.459 e. The van der Waals surface area contributed by atoms with Crippen LogP contribution < -0.4 is 5.32 Å². The summed E-state index contributed by atoms with van der Waals surface area (Å²) in [7, 11) is 0. The van der Waals surface area contributed by atoms with Crippen molar-refractivity contribution in [3.63, 3.8) is 0 Å². The van der Waals surface area contributed by atoms with E-state index in [-0.39, 0.29) is 24.1 Å². The Labute approximate surface area is 144 Å². The van der Waals surface area contributed by atoms with Crippen molar-refractivity contribution in [3.05, 3.63) is 46.5 Å². The molecule has 7 heteroatoms. The van der Waals surface area contributed by atoms with Gasteiger partial charge in [0, 0.05) is 6.54 Å². The zero-order valence-electron chi connectivity index (χ0n) is 13.4. The van der Waals surface area contributed by atoms with Crippen molar-refractivity contribution < 1.29 is 19.1 Å². The van der Waals surface area contributed by atoms with Crippen molar-refractivity contribution in [1.82, 2.24) is 10.2 Å².